The van der Waals surface area contributed by atoms with Crippen LogP contribution in [0.25, 0.3) is 11.0 Å². The number of rotatable bonds is 4. The average molecular weight is 322 g/mol. The molecule has 1 saturated carbocycles. The third kappa shape index (κ3) is 2.70. The minimum Gasteiger partial charge on any atom is -0.327 e. The van der Waals surface area contributed by atoms with Gasteiger partial charge in [-0.1, -0.05) is 28.8 Å². The van der Waals surface area contributed by atoms with Gasteiger partial charge in [0.05, 0.1) is 17.6 Å². The molecular weight excluding hydrogens is 302 g/mol. The van der Waals surface area contributed by atoms with E-state index < -0.39 is 0 Å². The molecule has 1 aromatic carbocycles. The van der Waals surface area contributed by atoms with Gasteiger partial charge in [-0.2, -0.15) is 0 Å². The molecule has 1 N–H and O–H groups in total. The van der Waals surface area contributed by atoms with Crippen molar-refractivity contribution in [2.45, 2.75) is 51.7 Å². The largest absolute Gasteiger partial charge is 0.327 e. The fraction of sp³-hybridized carbons (Fsp3) is 0.533. The van der Waals surface area contributed by atoms with Crippen LogP contribution in [-0.4, -0.2) is 15.6 Å². The molecule has 1 aromatic heterocycles. The lowest BCUT2D eigenvalue weighted by atomic mass is 10.2. The molecule has 0 bridgehead atoms. The molecule has 1 heterocycles. The predicted octanol–water partition coefficient (Wildman–Crippen LogP) is 3.85. The summed E-state index contributed by atoms with van der Waals surface area (Å²) in [7, 11) is 0. The number of aromatic nitrogens is 2. The molecule has 102 valence electrons. The van der Waals surface area contributed by atoms with Crippen LogP contribution in [0.15, 0.2) is 22.7 Å². The molecular formula is C15H20BrN3. The molecule has 1 aliphatic carbocycles. The molecule has 0 atom stereocenters. The van der Waals surface area contributed by atoms with Crippen molar-refractivity contribution in [3.05, 3.63) is 28.5 Å². The first-order chi connectivity index (χ1) is 9.28. The van der Waals surface area contributed by atoms with Gasteiger partial charge < -0.3 is 9.88 Å². The quantitative estimate of drug-likeness (QED) is 0.926. The van der Waals surface area contributed by atoms with Crippen molar-refractivity contribution >= 4 is 27.0 Å². The number of hydrogen-bond acceptors (Lipinski definition) is 2. The van der Waals surface area contributed by atoms with Crippen LogP contribution in [0, 0.1) is 0 Å². The molecule has 19 heavy (non-hydrogen) atoms. The number of nitrogens with one attached hydrogen (secondary N) is 1. The minimum absolute atomic E-state index is 0.692. The second kappa shape index (κ2) is 5.63. The van der Waals surface area contributed by atoms with Crippen molar-refractivity contribution in [1.29, 1.82) is 0 Å². The zero-order valence-electron chi connectivity index (χ0n) is 11.3. The first-order valence-corrected chi connectivity index (χ1v) is 7.95. The van der Waals surface area contributed by atoms with Gasteiger partial charge >= 0.3 is 0 Å². The summed E-state index contributed by atoms with van der Waals surface area (Å²) in [5.41, 5.74) is 2.31. The fourth-order valence-electron chi connectivity index (χ4n) is 3.01. The minimum atomic E-state index is 0.692. The molecule has 2 aromatic rings. The van der Waals surface area contributed by atoms with Crippen molar-refractivity contribution in [2.75, 3.05) is 0 Å². The summed E-state index contributed by atoms with van der Waals surface area (Å²) >= 11 is 3.52. The Labute approximate surface area is 122 Å². The maximum absolute atomic E-state index is 4.78. The molecule has 4 heteroatoms. The number of hydrogen-bond donors (Lipinski definition) is 1. The highest BCUT2D eigenvalue weighted by molar-refractivity contribution is 9.10. The van der Waals surface area contributed by atoms with E-state index in [9.17, 15) is 0 Å². The number of nitrogens with zero attached hydrogens (tertiary/aromatic N) is 2. The van der Waals surface area contributed by atoms with E-state index in [0.29, 0.717) is 6.04 Å². The van der Waals surface area contributed by atoms with E-state index in [0.717, 1.165) is 28.9 Å². The van der Waals surface area contributed by atoms with Crippen LogP contribution in [0.5, 0.6) is 0 Å². The maximum atomic E-state index is 4.78. The second-order valence-corrected chi connectivity index (χ2v) is 6.18. The first-order valence-electron chi connectivity index (χ1n) is 7.16. The predicted molar refractivity (Wildman–Crippen MR) is 82.2 cm³/mol. The molecule has 3 rings (SSSR count). The number of fused-ring (bicyclic) bond motifs is 1. The van der Waals surface area contributed by atoms with Gasteiger partial charge in [0.2, 0.25) is 0 Å². The summed E-state index contributed by atoms with van der Waals surface area (Å²) in [6, 6.07) is 7.02. The van der Waals surface area contributed by atoms with E-state index in [-0.39, 0.29) is 0 Å². The van der Waals surface area contributed by atoms with E-state index in [1.165, 1.54) is 31.2 Å². The van der Waals surface area contributed by atoms with Gasteiger partial charge in [-0.05, 0) is 38.0 Å². The van der Waals surface area contributed by atoms with Crippen molar-refractivity contribution in [1.82, 2.24) is 14.9 Å². The number of halogens is 1. The monoisotopic (exact) mass is 321 g/mol. The van der Waals surface area contributed by atoms with Gasteiger partial charge in [0.1, 0.15) is 5.82 Å². The van der Waals surface area contributed by atoms with Crippen molar-refractivity contribution in [3.8, 4) is 0 Å². The van der Waals surface area contributed by atoms with Gasteiger partial charge in [0.15, 0.2) is 0 Å². The summed E-state index contributed by atoms with van der Waals surface area (Å²) < 4.78 is 3.40. The SMILES string of the molecule is CCn1c(CNC2CCCC2)nc2cc(Br)ccc21. The van der Waals surface area contributed by atoms with Crippen LogP contribution in [0.4, 0.5) is 0 Å². The Hall–Kier alpha value is -0.870. The van der Waals surface area contributed by atoms with Gasteiger partial charge in [-0.15, -0.1) is 0 Å². The second-order valence-electron chi connectivity index (χ2n) is 5.27. The summed E-state index contributed by atoms with van der Waals surface area (Å²) in [5.74, 6) is 1.16. The lowest BCUT2D eigenvalue weighted by Gasteiger charge is -2.12. The van der Waals surface area contributed by atoms with Crippen LogP contribution < -0.4 is 5.32 Å². The summed E-state index contributed by atoms with van der Waals surface area (Å²) in [5, 5.41) is 3.65. The summed E-state index contributed by atoms with van der Waals surface area (Å²) in [6.07, 6.45) is 5.37. The number of benzene rings is 1. The third-order valence-corrected chi connectivity index (χ3v) is 4.50. The summed E-state index contributed by atoms with van der Waals surface area (Å²) in [6.45, 7) is 4.03. The first kappa shape index (κ1) is 13.1. The highest BCUT2D eigenvalue weighted by atomic mass is 79.9. The molecule has 0 aliphatic heterocycles. The Morgan fingerprint density at radius 1 is 1.37 bits per heavy atom. The number of imidazole rings is 1. The third-order valence-electron chi connectivity index (χ3n) is 4.01. The van der Waals surface area contributed by atoms with Crippen LogP contribution in [0.3, 0.4) is 0 Å². The smallest absolute Gasteiger partial charge is 0.123 e. The topological polar surface area (TPSA) is 29.9 Å². The summed E-state index contributed by atoms with van der Waals surface area (Å²) in [4.78, 5) is 4.78. The van der Waals surface area contributed by atoms with Gasteiger partial charge in [-0.3, -0.25) is 0 Å². The Bertz CT molecular complexity index is 570. The Kier molecular flexibility index (Phi) is 3.89. The highest BCUT2D eigenvalue weighted by Gasteiger charge is 2.16. The zero-order chi connectivity index (χ0) is 13.2. The molecule has 0 amide bonds. The van der Waals surface area contributed by atoms with Gasteiger partial charge in [0, 0.05) is 17.1 Å². The molecule has 0 spiro atoms. The molecule has 0 radical (unpaired) electrons. The molecule has 3 nitrogen and oxygen atoms in total. The molecule has 1 fully saturated rings. The van der Waals surface area contributed by atoms with E-state index >= 15 is 0 Å². The molecule has 0 saturated heterocycles. The van der Waals surface area contributed by atoms with Crippen LogP contribution >= 0.6 is 15.9 Å². The molecule has 1 aliphatic rings. The Morgan fingerprint density at radius 3 is 2.89 bits per heavy atom. The fourth-order valence-corrected chi connectivity index (χ4v) is 3.36. The maximum Gasteiger partial charge on any atom is 0.123 e. The van der Waals surface area contributed by atoms with Crippen LogP contribution in [0.2, 0.25) is 0 Å². The van der Waals surface area contributed by atoms with E-state index in [1.807, 2.05) is 0 Å². The van der Waals surface area contributed by atoms with Crippen LogP contribution in [-0.2, 0) is 13.1 Å². The van der Waals surface area contributed by atoms with Crippen molar-refractivity contribution in [3.63, 3.8) is 0 Å². The zero-order valence-corrected chi connectivity index (χ0v) is 12.9. The standard InChI is InChI=1S/C15H20BrN3/c1-2-19-14-8-7-11(16)9-13(14)18-15(19)10-17-12-5-3-4-6-12/h7-9,12,17H,2-6,10H2,1H3. The van der Waals surface area contributed by atoms with E-state index in [2.05, 4.69) is 50.9 Å². The van der Waals surface area contributed by atoms with E-state index in [4.69, 9.17) is 4.98 Å². The lowest BCUT2D eigenvalue weighted by Crippen LogP contribution is -2.26. The highest BCUT2D eigenvalue weighted by Crippen LogP contribution is 2.22. The van der Waals surface area contributed by atoms with Gasteiger partial charge in [0.25, 0.3) is 0 Å². The van der Waals surface area contributed by atoms with Gasteiger partial charge in [-0.25, -0.2) is 4.98 Å². The van der Waals surface area contributed by atoms with Crippen molar-refractivity contribution < 1.29 is 0 Å². The lowest BCUT2D eigenvalue weighted by molar-refractivity contribution is 0.504. The van der Waals surface area contributed by atoms with Crippen LogP contribution in [0.1, 0.15) is 38.4 Å². The van der Waals surface area contributed by atoms with E-state index in [1.54, 1.807) is 0 Å². The molecule has 0 unspecified atom stereocenters. The normalized spacial score (nSPS) is 16.5. The Balaban J connectivity index is 1.84. The van der Waals surface area contributed by atoms with Crippen molar-refractivity contribution in [2.24, 2.45) is 0 Å². The number of aryl methyl sites for hydroxylation is 1. The average Bonchev–Trinajstić information content (AvgIpc) is 3.02. The Morgan fingerprint density at radius 2 is 2.16 bits per heavy atom.